The van der Waals surface area contributed by atoms with Gasteiger partial charge in [-0.3, -0.25) is 14.6 Å². The third-order valence-electron chi connectivity index (χ3n) is 6.13. The van der Waals surface area contributed by atoms with Crippen LogP contribution in [0, 0.1) is 0 Å². The smallest absolute Gasteiger partial charge is 0.257 e. The Morgan fingerprint density at radius 1 is 0.889 bits per heavy atom. The van der Waals surface area contributed by atoms with Gasteiger partial charge < -0.3 is 15.7 Å². The van der Waals surface area contributed by atoms with Crippen molar-refractivity contribution in [2.45, 2.75) is 18.6 Å². The molecule has 0 spiro atoms. The molecule has 0 unspecified atom stereocenters. The van der Waals surface area contributed by atoms with E-state index in [0.717, 1.165) is 11.1 Å². The number of halogens is 2. The van der Waals surface area contributed by atoms with Crippen molar-refractivity contribution < 1.29 is 14.7 Å². The van der Waals surface area contributed by atoms with E-state index in [0.29, 0.717) is 28.4 Å². The number of hydrogen-bond donors (Lipinski definition) is 3. The lowest BCUT2D eigenvalue weighted by molar-refractivity contribution is 0.0857. The first-order valence-corrected chi connectivity index (χ1v) is 12.0. The van der Waals surface area contributed by atoms with Crippen molar-refractivity contribution in [3.63, 3.8) is 0 Å². The number of fused-ring (bicyclic) bond motifs is 1. The van der Waals surface area contributed by atoms with Gasteiger partial charge in [-0.1, -0.05) is 53.5 Å². The van der Waals surface area contributed by atoms with Crippen LogP contribution in [0.15, 0.2) is 85.1 Å². The lowest BCUT2D eigenvalue weighted by atomic mass is 10.1. The minimum atomic E-state index is -0.706. The van der Waals surface area contributed by atoms with E-state index in [-0.39, 0.29) is 22.1 Å². The van der Waals surface area contributed by atoms with Crippen molar-refractivity contribution in [1.29, 1.82) is 0 Å². The van der Waals surface area contributed by atoms with Crippen LogP contribution in [0.5, 0.6) is 0 Å². The van der Waals surface area contributed by atoms with E-state index in [2.05, 4.69) is 15.6 Å². The fraction of sp³-hybridized carbons (Fsp3) is 0.107. The molecule has 0 aliphatic heterocycles. The minimum absolute atomic E-state index is 0.131. The van der Waals surface area contributed by atoms with Gasteiger partial charge in [-0.05, 0) is 59.7 Å². The zero-order chi connectivity index (χ0) is 25.2. The van der Waals surface area contributed by atoms with Gasteiger partial charge in [0.05, 0.1) is 33.4 Å². The van der Waals surface area contributed by atoms with Gasteiger partial charge in [0.2, 0.25) is 0 Å². The summed E-state index contributed by atoms with van der Waals surface area (Å²) in [6, 6.07) is 22.2. The zero-order valence-corrected chi connectivity index (χ0v) is 20.4. The fourth-order valence-electron chi connectivity index (χ4n) is 4.33. The van der Waals surface area contributed by atoms with Crippen LogP contribution < -0.4 is 10.6 Å². The second-order valence-electron chi connectivity index (χ2n) is 8.48. The van der Waals surface area contributed by atoms with Gasteiger partial charge in [-0.15, -0.1) is 0 Å². The van der Waals surface area contributed by atoms with Gasteiger partial charge in [0.1, 0.15) is 0 Å². The Kier molecular flexibility index (Phi) is 6.74. The molecule has 0 saturated heterocycles. The van der Waals surface area contributed by atoms with Crippen molar-refractivity contribution in [2.24, 2.45) is 0 Å². The summed E-state index contributed by atoms with van der Waals surface area (Å²) in [5.41, 5.74) is 4.30. The second-order valence-corrected chi connectivity index (χ2v) is 9.29. The molecular formula is C28H21Cl2N3O3. The quantitative estimate of drug-likeness (QED) is 0.316. The van der Waals surface area contributed by atoms with Crippen LogP contribution in [0.25, 0.3) is 11.3 Å². The summed E-state index contributed by atoms with van der Waals surface area (Å²) >= 11 is 12.7. The van der Waals surface area contributed by atoms with Crippen LogP contribution in [0.3, 0.4) is 0 Å². The van der Waals surface area contributed by atoms with E-state index in [1.807, 2.05) is 42.5 Å². The number of anilines is 1. The average molecular weight is 518 g/mol. The van der Waals surface area contributed by atoms with Crippen molar-refractivity contribution in [3.05, 3.63) is 117 Å². The number of hydrogen-bond acceptors (Lipinski definition) is 4. The molecule has 1 aromatic heterocycles. The van der Waals surface area contributed by atoms with E-state index in [1.165, 1.54) is 18.2 Å². The van der Waals surface area contributed by atoms with Gasteiger partial charge in [0.15, 0.2) is 0 Å². The third-order valence-corrected chi connectivity index (χ3v) is 6.77. The molecule has 8 heteroatoms. The largest absolute Gasteiger partial charge is 0.390 e. The van der Waals surface area contributed by atoms with Crippen molar-refractivity contribution >= 4 is 40.7 Å². The van der Waals surface area contributed by atoms with Crippen LogP contribution >= 0.6 is 23.2 Å². The van der Waals surface area contributed by atoms with Gasteiger partial charge >= 0.3 is 0 Å². The molecule has 2 amide bonds. The number of pyridine rings is 1. The maximum absolute atomic E-state index is 12.9. The highest BCUT2D eigenvalue weighted by Gasteiger charge is 2.32. The molecule has 0 radical (unpaired) electrons. The number of nitrogens with zero attached hydrogens (tertiary/aromatic N) is 1. The molecule has 3 aromatic carbocycles. The SMILES string of the molecule is O=C(N[C@@H]1c2ccccc2C[C@@H]1O)c1ccc(C(=O)Nc2ccc(Cl)c(-c3ccccn3)c2)c(Cl)c1. The molecule has 1 aliphatic carbocycles. The number of amides is 2. The lowest BCUT2D eigenvalue weighted by Gasteiger charge is -2.18. The molecule has 4 aromatic rings. The number of aromatic nitrogens is 1. The number of carbonyl (C=O) groups excluding carboxylic acids is 2. The Balaban J connectivity index is 1.31. The predicted octanol–water partition coefficient (Wildman–Crippen LogP) is 5.70. The van der Waals surface area contributed by atoms with Crippen LogP contribution in [-0.4, -0.2) is 28.0 Å². The number of carbonyl (C=O) groups is 2. The number of aliphatic hydroxyl groups is 1. The maximum Gasteiger partial charge on any atom is 0.257 e. The Bertz CT molecular complexity index is 1460. The summed E-state index contributed by atoms with van der Waals surface area (Å²) < 4.78 is 0. The Hall–Kier alpha value is -3.71. The molecular weight excluding hydrogens is 497 g/mol. The Morgan fingerprint density at radius 3 is 2.47 bits per heavy atom. The summed E-state index contributed by atoms with van der Waals surface area (Å²) in [6.07, 6.45) is 1.44. The topological polar surface area (TPSA) is 91.3 Å². The van der Waals surface area contributed by atoms with Crippen LogP contribution in [0.2, 0.25) is 10.0 Å². The number of rotatable bonds is 5. The normalized spacial score (nSPS) is 16.3. The van der Waals surface area contributed by atoms with E-state index >= 15 is 0 Å². The molecule has 1 heterocycles. The van der Waals surface area contributed by atoms with E-state index in [4.69, 9.17) is 23.2 Å². The molecule has 180 valence electrons. The number of benzene rings is 3. The van der Waals surface area contributed by atoms with E-state index in [1.54, 1.807) is 24.4 Å². The summed E-state index contributed by atoms with van der Waals surface area (Å²) in [6.45, 7) is 0. The average Bonchev–Trinajstić information content (AvgIpc) is 3.20. The predicted molar refractivity (Wildman–Crippen MR) is 140 cm³/mol. The molecule has 0 bridgehead atoms. The van der Waals surface area contributed by atoms with Gasteiger partial charge in [-0.25, -0.2) is 0 Å². The molecule has 0 fully saturated rings. The first-order valence-electron chi connectivity index (χ1n) is 11.3. The summed E-state index contributed by atoms with van der Waals surface area (Å²) in [7, 11) is 0. The van der Waals surface area contributed by atoms with Crippen LogP contribution in [0.4, 0.5) is 5.69 Å². The highest BCUT2D eigenvalue weighted by Crippen LogP contribution is 2.32. The van der Waals surface area contributed by atoms with Crippen molar-refractivity contribution in [1.82, 2.24) is 10.3 Å². The Morgan fingerprint density at radius 2 is 1.69 bits per heavy atom. The van der Waals surface area contributed by atoms with Crippen LogP contribution in [0.1, 0.15) is 37.9 Å². The highest BCUT2D eigenvalue weighted by atomic mass is 35.5. The number of nitrogens with one attached hydrogen (secondary N) is 2. The molecule has 3 N–H and O–H groups in total. The monoisotopic (exact) mass is 517 g/mol. The molecule has 36 heavy (non-hydrogen) atoms. The standard InChI is InChI=1S/C28H21Cl2N3O3/c29-22-11-9-18(15-21(22)24-7-3-4-12-31-24)32-28(36)20-10-8-17(13-23(20)30)27(35)33-26-19-6-2-1-5-16(19)14-25(26)34/h1-13,15,25-26,34H,14H2,(H,32,36)(H,33,35)/t25-,26+/m0/s1. The summed E-state index contributed by atoms with van der Waals surface area (Å²) in [4.78, 5) is 30.1. The first kappa shape index (κ1) is 24.0. The van der Waals surface area contributed by atoms with Gasteiger partial charge in [0, 0.05) is 29.4 Å². The van der Waals surface area contributed by atoms with Crippen molar-refractivity contribution in [2.75, 3.05) is 5.32 Å². The first-order chi connectivity index (χ1) is 17.4. The second kappa shape index (κ2) is 10.1. The molecule has 2 atom stereocenters. The third kappa shape index (κ3) is 4.84. The van der Waals surface area contributed by atoms with E-state index < -0.39 is 18.1 Å². The summed E-state index contributed by atoms with van der Waals surface area (Å²) in [5, 5.41) is 16.8. The fourth-order valence-corrected chi connectivity index (χ4v) is 4.81. The number of aliphatic hydroxyl groups excluding tert-OH is 1. The van der Waals surface area contributed by atoms with E-state index in [9.17, 15) is 14.7 Å². The lowest BCUT2D eigenvalue weighted by Crippen LogP contribution is -2.33. The summed E-state index contributed by atoms with van der Waals surface area (Å²) in [5.74, 6) is -0.816. The van der Waals surface area contributed by atoms with Gasteiger partial charge in [0.25, 0.3) is 11.8 Å². The van der Waals surface area contributed by atoms with Crippen LogP contribution in [-0.2, 0) is 6.42 Å². The highest BCUT2D eigenvalue weighted by molar-refractivity contribution is 6.35. The molecule has 0 saturated carbocycles. The maximum atomic E-state index is 12.9. The zero-order valence-electron chi connectivity index (χ0n) is 18.9. The Labute approximate surface area is 217 Å². The van der Waals surface area contributed by atoms with Gasteiger partial charge in [-0.2, -0.15) is 0 Å². The molecule has 6 nitrogen and oxygen atoms in total. The van der Waals surface area contributed by atoms with Crippen molar-refractivity contribution in [3.8, 4) is 11.3 Å². The molecule has 1 aliphatic rings. The molecule has 5 rings (SSSR count). The minimum Gasteiger partial charge on any atom is -0.390 e.